The maximum Gasteiger partial charge on any atom is 0.327 e. The van der Waals surface area contributed by atoms with E-state index in [1.54, 1.807) is 36.2 Å². The quantitative estimate of drug-likeness (QED) is 0.751. The van der Waals surface area contributed by atoms with Gasteiger partial charge in [0, 0.05) is 10.7 Å². The lowest BCUT2D eigenvalue weighted by Gasteiger charge is -2.26. The fraction of sp³-hybridized carbons (Fsp3) is 0.300. The SMILES string of the molecule is CCc1ccccc1NC(=O)CN(C)C(C(=O)OC)c1ccccc1Cl. The third kappa shape index (κ3) is 4.84. The summed E-state index contributed by atoms with van der Waals surface area (Å²) in [6.45, 7) is 2.05. The number of carbonyl (C=O) groups is 2. The normalized spacial score (nSPS) is 11.9. The first-order chi connectivity index (χ1) is 12.5. The molecule has 0 radical (unpaired) electrons. The molecule has 0 aromatic heterocycles. The second-order valence-electron chi connectivity index (χ2n) is 5.92. The number of para-hydroxylation sites is 1. The molecule has 1 atom stereocenters. The van der Waals surface area contributed by atoms with E-state index in [0.29, 0.717) is 10.6 Å². The highest BCUT2D eigenvalue weighted by atomic mass is 35.5. The summed E-state index contributed by atoms with van der Waals surface area (Å²) in [5, 5.41) is 3.35. The van der Waals surface area contributed by atoms with Gasteiger partial charge in [-0.1, -0.05) is 54.9 Å². The molecule has 2 aromatic carbocycles. The highest BCUT2D eigenvalue weighted by molar-refractivity contribution is 6.31. The molecule has 0 saturated heterocycles. The van der Waals surface area contributed by atoms with Gasteiger partial charge in [0.05, 0.1) is 13.7 Å². The molecule has 1 N–H and O–H groups in total. The van der Waals surface area contributed by atoms with Crippen molar-refractivity contribution in [1.29, 1.82) is 0 Å². The molecule has 5 nitrogen and oxygen atoms in total. The van der Waals surface area contributed by atoms with E-state index in [0.717, 1.165) is 17.7 Å². The summed E-state index contributed by atoms with van der Waals surface area (Å²) in [6, 6.07) is 13.9. The van der Waals surface area contributed by atoms with Crippen molar-refractivity contribution in [3.8, 4) is 0 Å². The lowest BCUT2D eigenvalue weighted by Crippen LogP contribution is -2.37. The number of amides is 1. The smallest absolute Gasteiger partial charge is 0.327 e. The lowest BCUT2D eigenvalue weighted by atomic mass is 10.1. The van der Waals surface area contributed by atoms with Gasteiger partial charge in [0.1, 0.15) is 6.04 Å². The molecule has 0 spiro atoms. The molecule has 138 valence electrons. The van der Waals surface area contributed by atoms with Gasteiger partial charge in [0.15, 0.2) is 0 Å². The van der Waals surface area contributed by atoms with Crippen LogP contribution >= 0.6 is 11.6 Å². The number of nitrogens with zero attached hydrogens (tertiary/aromatic N) is 1. The van der Waals surface area contributed by atoms with Crippen LogP contribution in [0.25, 0.3) is 0 Å². The highest BCUT2D eigenvalue weighted by Crippen LogP contribution is 2.27. The molecule has 1 unspecified atom stereocenters. The van der Waals surface area contributed by atoms with E-state index in [9.17, 15) is 9.59 Å². The van der Waals surface area contributed by atoms with Crippen LogP contribution in [0.4, 0.5) is 5.69 Å². The molecule has 0 aliphatic rings. The van der Waals surface area contributed by atoms with Gasteiger partial charge in [-0.05, 0) is 36.7 Å². The number of methoxy groups -OCH3 is 1. The first kappa shape index (κ1) is 19.9. The number of hydrogen-bond acceptors (Lipinski definition) is 4. The number of carbonyl (C=O) groups excluding carboxylic acids is 2. The van der Waals surface area contributed by atoms with Gasteiger partial charge in [-0.25, -0.2) is 4.79 Å². The molecular formula is C20H23ClN2O3. The van der Waals surface area contributed by atoms with Crippen LogP contribution in [0, 0.1) is 0 Å². The molecule has 2 aromatic rings. The Hall–Kier alpha value is -2.37. The van der Waals surface area contributed by atoms with Crippen molar-refractivity contribution in [2.75, 3.05) is 26.0 Å². The summed E-state index contributed by atoms with van der Waals surface area (Å²) in [4.78, 5) is 26.4. The first-order valence-corrected chi connectivity index (χ1v) is 8.76. The number of halogens is 1. The van der Waals surface area contributed by atoms with Gasteiger partial charge >= 0.3 is 5.97 Å². The van der Waals surface area contributed by atoms with E-state index in [-0.39, 0.29) is 12.5 Å². The second-order valence-corrected chi connectivity index (χ2v) is 6.33. The average Bonchev–Trinajstić information content (AvgIpc) is 2.63. The molecule has 2 rings (SSSR count). The Morgan fingerprint density at radius 2 is 1.81 bits per heavy atom. The first-order valence-electron chi connectivity index (χ1n) is 8.38. The molecule has 0 aliphatic heterocycles. The lowest BCUT2D eigenvalue weighted by molar-refractivity contribution is -0.147. The molecule has 0 bridgehead atoms. The topological polar surface area (TPSA) is 58.6 Å². The van der Waals surface area contributed by atoms with E-state index in [1.165, 1.54) is 7.11 Å². The Labute approximate surface area is 158 Å². The zero-order chi connectivity index (χ0) is 19.1. The van der Waals surface area contributed by atoms with Gasteiger partial charge in [0.2, 0.25) is 5.91 Å². The number of hydrogen-bond donors (Lipinski definition) is 1. The van der Waals surface area contributed by atoms with E-state index in [1.807, 2.05) is 31.2 Å². The van der Waals surface area contributed by atoms with Crippen LogP contribution in [-0.2, 0) is 20.7 Å². The maximum atomic E-state index is 12.5. The summed E-state index contributed by atoms with van der Waals surface area (Å²) < 4.78 is 4.91. The number of anilines is 1. The number of benzene rings is 2. The Bertz CT molecular complexity index is 779. The molecular weight excluding hydrogens is 352 g/mol. The Morgan fingerprint density at radius 3 is 2.46 bits per heavy atom. The van der Waals surface area contributed by atoms with Gasteiger partial charge in [-0.15, -0.1) is 0 Å². The fourth-order valence-electron chi connectivity index (χ4n) is 2.81. The molecule has 0 saturated carbocycles. The van der Waals surface area contributed by atoms with Crippen LogP contribution in [0.3, 0.4) is 0 Å². The van der Waals surface area contributed by atoms with E-state index < -0.39 is 12.0 Å². The van der Waals surface area contributed by atoms with Crippen molar-refractivity contribution in [2.45, 2.75) is 19.4 Å². The number of nitrogens with one attached hydrogen (secondary N) is 1. The maximum absolute atomic E-state index is 12.5. The number of ether oxygens (including phenoxy) is 1. The summed E-state index contributed by atoms with van der Waals surface area (Å²) in [6.07, 6.45) is 0.816. The van der Waals surface area contributed by atoms with Crippen LogP contribution in [0.1, 0.15) is 24.1 Å². The number of esters is 1. The zero-order valence-corrected chi connectivity index (χ0v) is 15.9. The molecule has 6 heteroatoms. The van der Waals surface area contributed by atoms with Gasteiger partial charge in [-0.3, -0.25) is 9.69 Å². The molecule has 1 amide bonds. The highest BCUT2D eigenvalue weighted by Gasteiger charge is 2.29. The fourth-order valence-corrected chi connectivity index (χ4v) is 3.05. The number of likely N-dealkylation sites (N-methyl/N-ethyl adjacent to an activating group) is 1. The van der Waals surface area contributed by atoms with E-state index >= 15 is 0 Å². The van der Waals surface area contributed by atoms with Crippen LogP contribution < -0.4 is 5.32 Å². The third-order valence-electron chi connectivity index (χ3n) is 4.13. The second kappa shape index (κ2) is 9.36. The molecule has 0 aliphatic carbocycles. The third-order valence-corrected chi connectivity index (χ3v) is 4.47. The van der Waals surface area contributed by atoms with Gasteiger partial charge in [-0.2, -0.15) is 0 Å². The summed E-state index contributed by atoms with van der Waals surface area (Å²) in [5.74, 6) is -0.684. The van der Waals surface area contributed by atoms with E-state index in [2.05, 4.69) is 5.32 Å². The monoisotopic (exact) mass is 374 g/mol. The van der Waals surface area contributed by atoms with Crippen molar-refractivity contribution in [3.63, 3.8) is 0 Å². The summed E-state index contributed by atoms with van der Waals surface area (Å²) >= 11 is 6.23. The predicted molar refractivity (Wildman–Crippen MR) is 103 cm³/mol. The van der Waals surface area contributed by atoms with Crippen LogP contribution in [0.5, 0.6) is 0 Å². The average molecular weight is 375 g/mol. The minimum Gasteiger partial charge on any atom is -0.468 e. The molecule has 26 heavy (non-hydrogen) atoms. The van der Waals surface area contributed by atoms with Gasteiger partial charge in [0.25, 0.3) is 0 Å². The van der Waals surface area contributed by atoms with Crippen molar-refractivity contribution in [1.82, 2.24) is 4.90 Å². The number of aryl methyl sites for hydroxylation is 1. The van der Waals surface area contributed by atoms with E-state index in [4.69, 9.17) is 16.3 Å². The minimum atomic E-state index is -0.763. The van der Waals surface area contributed by atoms with Crippen molar-refractivity contribution in [3.05, 3.63) is 64.7 Å². The molecule has 0 heterocycles. The van der Waals surface area contributed by atoms with Gasteiger partial charge < -0.3 is 10.1 Å². The Kier molecular flexibility index (Phi) is 7.18. The molecule has 0 fully saturated rings. The number of rotatable bonds is 7. The Balaban J connectivity index is 2.16. The van der Waals surface area contributed by atoms with Crippen molar-refractivity contribution < 1.29 is 14.3 Å². The van der Waals surface area contributed by atoms with Crippen molar-refractivity contribution >= 4 is 29.2 Å². The Morgan fingerprint density at radius 1 is 1.15 bits per heavy atom. The predicted octanol–water partition coefficient (Wildman–Crippen LogP) is 3.69. The van der Waals surface area contributed by atoms with Crippen LogP contribution in [-0.4, -0.2) is 37.5 Å². The largest absolute Gasteiger partial charge is 0.468 e. The summed E-state index contributed by atoms with van der Waals surface area (Å²) in [5.41, 5.74) is 2.44. The van der Waals surface area contributed by atoms with Crippen LogP contribution in [0.2, 0.25) is 5.02 Å². The summed E-state index contributed by atoms with van der Waals surface area (Å²) in [7, 11) is 3.01. The minimum absolute atomic E-state index is 0.0169. The zero-order valence-electron chi connectivity index (χ0n) is 15.2. The standard InChI is InChI=1S/C20H23ClN2O3/c1-4-14-9-5-8-12-17(14)22-18(24)13-23(2)19(20(25)26-3)15-10-6-7-11-16(15)21/h5-12,19H,4,13H2,1-3H3,(H,22,24). The van der Waals surface area contributed by atoms with Crippen LogP contribution in [0.15, 0.2) is 48.5 Å². The van der Waals surface area contributed by atoms with Crippen molar-refractivity contribution in [2.24, 2.45) is 0 Å².